The van der Waals surface area contributed by atoms with Crippen LogP contribution < -0.4 is 0 Å². The van der Waals surface area contributed by atoms with E-state index in [9.17, 15) is 4.79 Å². The lowest BCUT2D eigenvalue weighted by Crippen LogP contribution is -1.90. The molecule has 0 aliphatic heterocycles. The molecule has 0 bridgehead atoms. The van der Waals surface area contributed by atoms with Crippen LogP contribution in [0.2, 0.25) is 0 Å². The van der Waals surface area contributed by atoms with Crippen molar-refractivity contribution in [2.24, 2.45) is 0 Å². The quantitative estimate of drug-likeness (QED) is 0.739. The van der Waals surface area contributed by atoms with E-state index < -0.39 is 0 Å². The predicted molar refractivity (Wildman–Crippen MR) is 52.0 cm³/mol. The van der Waals surface area contributed by atoms with Crippen molar-refractivity contribution in [3.63, 3.8) is 0 Å². The summed E-state index contributed by atoms with van der Waals surface area (Å²) in [5, 5.41) is 0.103. The molecule has 0 radical (unpaired) electrons. The normalized spacial score (nSPS) is 9.64. The Balaban J connectivity index is 2.96. The number of benzene rings is 1. The van der Waals surface area contributed by atoms with Gasteiger partial charge in [-0.05, 0) is 18.4 Å². The van der Waals surface area contributed by atoms with Gasteiger partial charge in [0, 0.05) is 10.0 Å². The van der Waals surface area contributed by atoms with Crippen LogP contribution in [0, 0.1) is 0 Å². The molecular weight excluding hydrogens is 224 g/mol. The van der Waals surface area contributed by atoms with Gasteiger partial charge in [0.05, 0.1) is 0 Å². The molecule has 0 aromatic heterocycles. The number of thioether (sulfide) groups is 1. The molecule has 0 spiro atoms. The summed E-state index contributed by atoms with van der Waals surface area (Å²) in [6.07, 6.45) is 1.78. The Labute approximate surface area is 78.3 Å². The van der Waals surface area contributed by atoms with Gasteiger partial charge in [-0.3, -0.25) is 4.79 Å². The maximum atomic E-state index is 11.1. The van der Waals surface area contributed by atoms with Crippen LogP contribution in [0.5, 0.6) is 0 Å². The van der Waals surface area contributed by atoms with E-state index in [-0.39, 0.29) is 5.12 Å². The second-order valence-electron chi connectivity index (χ2n) is 2.00. The minimum absolute atomic E-state index is 0.103. The molecule has 0 atom stereocenters. The van der Waals surface area contributed by atoms with Gasteiger partial charge in [0.1, 0.15) is 0 Å². The first-order valence-corrected chi connectivity index (χ1v) is 5.09. The maximum Gasteiger partial charge on any atom is 0.219 e. The molecule has 58 valence electrons. The lowest BCUT2D eigenvalue weighted by molar-refractivity contribution is 0.108. The lowest BCUT2D eigenvalue weighted by Gasteiger charge is -1.96. The second kappa shape index (κ2) is 3.93. The van der Waals surface area contributed by atoms with Crippen molar-refractivity contribution in [3.05, 3.63) is 34.3 Å². The van der Waals surface area contributed by atoms with Crippen LogP contribution in [0.15, 0.2) is 28.7 Å². The van der Waals surface area contributed by atoms with Gasteiger partial charge in [0.25, 0.3) is 0 Å². The summed E-state index contributed by atoms with van der Waals surface area (Å²) >= 11 is 4.52. The van der Waals surface area contributed by atoms with Gasteiger partial charge in [-0.2, -0.15) is 0 Å². The molecule has 0 heterocycles. The van der Waals surface area contributed by atoms with Crippen molar-refractivity contribution in [1.29, 1.82) is 0 Å². The first-order chi connectivity index (χ1) is 5.24. The third kappa shape index (κ3) is 2.34. The summed E-state index contributed by atoms with van der Waals surface area (Å²) in [6.45, 7) is 0. The Hall–Kier alpha value is -0.280. The van der Waals surface area contributed by atoms with Crippen LogP contribution in [-0.4, -0.2) is 11.4 Å². The van der Waals surface area contributed by atoms with Crippen molar-refractivity contribution in [2.45, 2.75) is 0 Å². The van der Waals surface area contributed by atoms with Crippen molar-refractivity contribution < 1.29 is 4.79 Å². The van der Waals surface area contributed by atoms with Crippen LogP contribution in [0.25, 0.3) is 0 Å². The lowest BCUT2D eigenvalue weighted by atomic mass is 10.2. The molecule has 0 N–H and O–H groups in total. The summed E-state index contributed by atoms with van der Waals surface area (Å²) < 4.78 is 0.942. The topological polar surface area (TPSA) is 17.1 Å². The molecule has 0 unspecified atom stereocenters. The van der Waals surface area contributed by atoms with Gasteiger partial charge < -0.3 is 0 Å². The molecule has 11 heavy (non-hydrogen) atoms. The second-order valence-corrected chi connectivity index (χ2v) is 3.70. The molecule has 0 amide bonds. The largest absolute Gasteiger partial charge is 0.282 e. The smallest absolute Gasteiger partial charge is 0.219 e. The van der Waals surface area contributed by atoms with E-state index in [1.807, 2.05) is 24.3 Å². The number of hydrogen-bond donors (Lipinski definition) is 0. The fourth-order valence-corrected chi connectivity index (χ4v) is 1.50. The van der Waals surface area contributed by atoms with Crippen LogP contribution >= 0.6 is 27.7 Å². The van der Waals surface area contributed by atoms with Crippen LogP contribution in [-0.2, 0) is 0 Å². The van der Waals surface area contributed by atoms with Crippen molar-refractivity contribution in [1.82, 2.24) is 0 Å². The molecular formula is C8H7BrOS. The summed E-state index contributed by atoms with van der Waals surface area (Å²) in [7, 11) is 0. The van der Waals surface area contributed by atoms with Gasteiger partial charge in [-0.15, -0.1) is 0 Å². The van der Waals surface area contributed by atoms with Gasteiger partial charge >= 0.3 is 0 Å². The van der Waals surface area contributed by atoms with Gasteiger partial charge in [-0.1, -0.05) is 39.8 Å². The number of carbonyl (C=O) groups excluding carboxylic acids is 1. The molecule has 0 saturated heterocycles. The molecule has 1 aromatic carbocycles. The van der Waals surface area contributed by atoms with Crippen molar-refractivity contribution >= 4 is 32.8 Å². The van der Waals surface area contributed by atoms with Crippen LogP contribution in [0.4, 0.5) is 0 Å². The molecule has 0 aliphatic rings. The fourth-order valence-electron chi connectivity index (χ4n) is 0.733. The third-order valence-corrected chi connectivity index (χ3v) is 2.35. The first-order valence-electron chi connectivity index (χ1n) is 3.08. The zero-order chi connectivity index (χ0) is 8.27. The standard InChI is InChI=1S/C8H7BrOS/c1-11-8(10)6-3-2-4-7(9)5-6/h2-5H,1H3. The highest BCUT2D eigenvalue weighted by Crippen LogP contribution is 2.15. The molecule has 1 rings (SSSR count). The number of carbonyl (C=O) groups is 1. The monoisotopic (exact) mass is 230 g/mol. The SMILES string of the molecule is CSC(=O)c1cccc(Br)c1. The molecule has 0 aliphatic carbocycles. The average molecular weight is 231 g/mol. The van der Waals surface area contributed by atoms with Crippen molar-refractivity contribution in [3.8, 4) is 0 Å². The number of hydrogen-bond acceptors (Lipinski definition) is 2. The van der Waals surface area contributed by atoms with E-state index >= 15 is 0 Å². The summed E-state index contributed by atoms with van der Waals surface area (Å²) in [6, 6.07) is 7.38. The number of rotatable bonds is 1. The highest BCUT2D eigenvalue weighted by atomic mass is 79.9. The number of halogens is 1. The molecule has 1 nitrogen and oxygen atoms in total. The van der Waals surface area contributed by atoms with Crippen LogP contribution in [0.3, 0.4) is 0 Å². The highest BCUT2D eigenvalue weighted by Gasteiger charge is 2.02. The van der Waals surface area contributed by atoms with Crippen LogP contribution in [0.1, 0.15) is 10.4 Å². The van der Waals surface area contributed by atoms with E-state index in [4.69, 9.17) is 0 Å². The summed E-state index contributed by atoms with van der Waals surface area (Å²) in [4.78, 5) is 11.1. The molecule has 0 saturated carbocycles. The Morgan fingerprint density at radius 2 is 2.27 bits per heavy atom. The van der Waals surface area contributed by atoms with E-state index in [1.165, 1.54) is 11.8 Å². The predicted octanol–water partition coefficient (Wildman–Crippen LogP) is 2.95. The van der Waals surface area contributed by atoms with Gasteiger partial charge in [0.15, 0.2) is 0 Å². The van der Waals surface area contributed by atoms with E-state index in [0.29, 0.717) is 0 Å². The molecule has 0 fully saturated rings. The third-order valence-electron chi connectivity index (χ3n) is 1.25. The first kappa shape index (κ1) is 8.81. The highest BCUT2D eigenvalue weighted by molar-refractivity contribution is 9.10. The average Bonchev–Trinajstić information content (AvgIpc) is 2.03. The summed E-state index contributed by atoms with van der Waals surface area (Å²) in [5.74, 6) is 0. The molecule has 3 heteroatoms. The van der Waals surface area contributed by atoms with E-state index in [0.717, 1.165) is 10.0 Å². The Kier molecular flexibility index (Phi) is 3.15. The summed E-state index contributed by atoms with van der Waals surface area (Å²) in [5.41, 5.74) is 0.742. The maximum absolute atomic E-state index is 11.1. The fraction of sp³-hybridized carbons (Fsp3) is 0.125. The van der Waals surface area contributed by atoms with E-state index in [1.54, 1.807) is 6.26 Å². The zero-order valence-electron chi connectivity index (χ0n) is 6.00. The Morgan fingerprint density at radius 3 is 2.82 bits per heavy atom. The minimum atomic E-state index is 0.103. The van der Waals surface area contributed by atoms with Gasteiger partial charge in [-0.25, -0.2) is 0 Å². The molecule has 1 aromatic rings. The van der Waals surface area contributed by atoms with Gasteiger partial charge in [0.2, 0.25) is 5.12 Å². The Bertz CT molecular complexity index is 273. The zero-order valence-corrected chi connectivity index (χ0v) is 8.41. The minimum Gasteiger partial charge on any atom is -0.282 e. The Morgan fingerprint density at radius 1 is 1.55 bits per heavy atom. The van der Waals surface area contributed by atoms with E-state index in [2.05, 4.69) is 15.9 Å². The van der Waals surface area contributed by atoms with Crippen molar-refractivity contribution in [2.75, 3.05) is 6.26 Å².